The van der Waals surface area contributed by atoms with Crippen molar-refractivity contribution in [2.24, 2.45) is 0 Å². The van der Waals surface area contributed by atoms with E-state index in [1.54, 1.807) is 30.3 Å². The quantitative estimate of drug-likeness (QED) is 0.822. The SMILES string of the molecule is O=C(Cc1cccc[n+]1C(=O)O)Nc1ccccc1. The van der Waals surface area contributed by atoms with Crippen LogP contribution in [0.25, 0.3) is 0 Å². The number of hydrogen-bond donors (Lipinski definition) is 2. The first-order valence-corrected chi connectivity index (χ1v) is 5.74. The topological polar surface area (TPSA) is 70.3 Å². The van der Waals surface area contributed by atoms with Crippen molar-refractivity contribution >= 4 is 17.7 Å². The van der Waals surface area contributed by atoms with Crippen molar-refractivity contribution < 1.29 is 19.3 Å². The number of aromatic nitrogens is 1. The first kappa shape index (κ1) is 12.8. The number of pyridine rings is 1. The van der Waals surface area contributed by atoms with E-state index in [-0.39, 0.29) is 12.3 Å². The molecule has 0 spiro atoms. The molecule has 5 heteroatoms. The number of carbonyl (C=O) groups is 2. The van der Waals surface area contributed by atoms with Gasteiger partial charge in [0.15, 0.2) is 6.20 Å². The zero-order chi connectivity index (χ0) is 13.7. The molecule has 96 valence electrons. The van der Waals surface area contributed by atoms with Crippen molar-refractivity contribution in [1.82, 2.24) is 0 Å². The number of carboxylic acid groups (broad SMARTS) is 1. The first-order valence-electron chi connectivity index (χ1n) is 5.74. The molecule has 0 bridgehead atoms. The van der Waals surface area contributed by atoms with Gasteiger partial charge in [-0.15, -0.1) is 0 Å². The number of hydrogen-bond acceptors (Lipinski definition) is 2. The predicted molar refractivity (Wildman–Crippen MR) is 68.8 cm³/mol. The Kier molecular flexibility index (Phi) is 3.87. The van der Waals surface area contributed by atoms with E-state index in [0.717, 1.165) is 4.57 Å². The number of amides is 1. The van der Waals surface area contributed by atoms with Crippen LogP contribution in [0.1, 0.15) is 5.69 Å². The maximum atomic E-state index is 11.8. The molecule has 1 aromatic carbocycles. The number of benzene rings is 1. The van der Waals surface area contributed by atoms with E-state index < -0.39 is 6.09 Å². The highest BCUT2D eigenvalue weighted by atomic mass is 16.4. The number of rotatable bonds is 3. The average Bonchev–Trinajstić information content (AvgIpc) is 2.40. The second-order valence-electron chi connectivity index (χ2n) is 3.94. The van der Waals surface area contributed by atoms with E-state index in [1.807, 2.05) is 18.2 Å². The molecular formula is C14H13N2O3+. The fourth-order valence-electron chi connectivity index (χ4n) is 1.70. The number of carbonyl (C=O) groups excluding carboxylic acids is 1. The van der Waals surface area contributed by atoms with Crippen LogP contribution < -0.4 is 9.88 Å². The van der Waals surface area contributed by atoms with Gasteiger partial charge in [-0.2, -0.15) is 4.79 Å². The minimum Gasteiger partial charge on any atom is -0.427 e. The summed E-state index contributed by atoms with van der Waals surface area (Å²) >= 11 is 0. The van der Waals surface area contributed by atoms with Gasteiger partial charge in [0.2, 0.25) is 11.6 Å². The summed E-state index contributed by atoms with van der Waals surface area (Å²) in [5.74, 6) is -0.257. The molecule has 0 radical (unpaired) electrons. The molecule has 0 aliphatic rings. The minimum absolute atomic E-state index is 0.00202. The smallest absolute Gasteiger partial charge is 0.427 e. The molecule has 0 atom stereocenters. The van der Waals surface area contributed by atoms with Crippen molar-refractivity contribution in [1.29, 1.82) is 0 Å². The molecule has 0 aliphatic heterocycles. The Morgan fingerprint density at radius 1 is 1.05 bits per heavy atom. The lowest BCUT2D eigenvalue weighted by atomic mass is 10.2. The Morgan fingerprint density at radius 2 is 1.74 bits per heavy atom. The van der Waals surface area contributed by atoms with E-state index >= 15 is 0 Å². The fraction of sp³-hybridized carbons (Fsp3) is 0.0714. The van der Waals surface area contributed by atoms with Gasteiger partial charge in [0.05, 0.1) is 0 Å². The molecule has 2 rings (SSSR count). The number of para-hydroxylation sites is 1. The monoisotopic (exact) mass is 257 g/mol. The van der Waals surface area contributed by atoms with Gasteiger partial charge in [-0.05, 0) is 12.1 Å². The van der Waals surface area contributed by atoms with Crippen LogP contribution in [-0.2, 0) is 11.2 Å². The standard InChI is InChI=1S/C14H12N2O3/c17-13(15-11-6-2-1-3-7-11)10-12-8-4-5-9-16(12)14(18)19/h1-9H,10H2,(H-,15,17,18,19)/p+1. The lowest BCUT2D eigenvalue weighted by molar-refractivity contribution is -0.592. The second-order valence-corrected chi connectivity index (χ2v) is 3.94. The van der Waals surface area contributed by atoms with Crippen LogP contribution in [0.5, 0.6) is 0 Å². The number of nitrogens with one attached hydrogen (secondary N) is 1. The molecule has 19 heavy (non-hydrogen) atoms. The molecule has 1 aromatic heterocycles. The Bertz CT molecular complexity index is 597. The Labute approximate surface area is 110 Å². The molecule has 0 aliphatic carbocycles. The Morgan fingerprint density at radius 3 is 2.42 bits per heavy atom. The van der Waals surface area contributed by atoms with Gasteiger partial charge in [-0.25, -0.2) is 0 Å². The summed E-state index contributed by atoms with van der Waals surface area (Å²) in [5.41, 5.74) is 1.11. The molecule has 1 amide bonds. The molecule has 2 aromatic rings. The average molecular weight is 257 g/mol. The van der Waals surface area contributed by atoms with Crippen LogP contribution in [0, 0.1) is 0 Å². The normalized spacial score (nSPS) is 9.89. The Hall–Kier alpha value is -2.69. The molecule has 0 fully saturated rings. The van der Waals surface area contributed by atoms with E-state index in [2.05, 4.69) is 5.32 Å². The van der Waals surface area contributed by atoms with Crippen molar-refractivity contribution in [3.63, 3.8) is 0 Å². The van der Waals surface area contributed by atoms with Gasteiger partial charge in [-0.3, -0.25) is 4.79 Å². The van der Waals surface area contributed by atoms with Gasteiger partial charge >= 0.3 is 6.09 Å². The molecule has 0 saturated carbocycles. The highest BCUT2D eigenvalue weighted by molar-refractivity contribution is 5.91. The van der Waals surface area contributed by atoms with Crippen molar-refractivity contribution in [3.05, 3.63) is 60.4 Å². The van der Waals surface area contributed by atoms with Crippen molar-refractivity contribution in [3.8, 4) is 0 Å². The van der Waals surface area contributed by atoms with Crippen LogP contribution in [0.4, 0.5) is 10.5 Å². The summed E-state index contributed by atoms with van der Waals surface area (Å²) in [5, 5.41) is 11.7. The van der Waals surface area contributed by atoms with E-state index in [0.29, 0.717) is 11.4 Å². The second kappa shape index (κ2) is 5.77. The number of anilines is 1. The Balaban J connectivity index is 2.09. The third-order valence-corrected chi connectivity index (χ3v) is 2.55. The fourth-order valence-corrected chi connectivity index (χ4v) is 1.70. The van der Waals surface area contributed by atoms with Gasteiger partial charge in [-0.1, -0.05) is 28.8 Å². The predicted octanol–water partition coefficient (Wildman–Crippen LogP) is 1.68. The lowest BCUT2D eigenvalue weighted by Gasteiger charge is -2.03. The van der Waals surface area contributed by atoms with Crippen LogP contribution in [0.3, 0.4) is 0 Å². The zero-order valence-corrected chi connectivity index (χ0v) is 10.1. The largest absolute Gasteiger partial charge is 0.599 e. The van der Waals surface area contributed by atoms with Crippen LogP contribution in [-0.4, -0.2) is 17.1 Å². The van der Waals surface area contributed by atoms with Gasteiger partial charge in [0, 0.05) is 17.8 Å². The summed E-state index contributed by atoms with van der Waals surface area (Å²) in [6.07, 6.45) is 0.304. The summed E-state index contributed by atoms with van der Waals surface area (Å²) in [6, 6.07) is 13.9. The van der Waals surface area contributed by atoms with Gasteiger partial charge in [0.25, 0.3) is 0 Å². The van der Waals surface area contributed by atoms with Crippen LogP contribution in [0.15, 0.2) is 54.7 Å². The summed E-state index contributed by atoms with van der Waals surface area (Å²) in [7, 11) is 0. The molecule has 1 heterocycles. The maximum absolute atomic E-state index is 11.8. The van der Waals surface area contributed by atoms with Gasteiger partial charge < -0.3 is 10.4 Å². The zero-order valence-electron chi connectivity index (χ0n) is 10.1. The third kappa shape index (κ3) is 3.38. The van der Waals surface area contributed by atoms with Crippen molar-refractivity contribution in [2.75, 3.05) is 5.32 Å². The maximum Gasteiger partial charge on any atom is 0.599 e. The van der Waals surface area contributed by atoms with Crippen LogP contribution >= 0.6 is 0 Å². The highest BCUT2D eigenvalue weighted by Crippen LogP contribution is 2.05. The minimum atomic E-state index is -1.11. The molecule has 0 saturated heterocycles. The first-order chi connectivity index (χ1) is 9.16. The highest BCUT2D eigenvalue weighted by Gasteiger charge is 2.20. The summed E-state index contributed by atoms with van der Waals surface area (Å²) in [4.78, 5) is 22.8. The van der Waals surface area contributed by atoms with E-state index in [4.69, 9.17) is 5.11 Å². The molecular weight excluding hydrogens is 244 g/mol. The molecule has 0 unspecified atom stereocenters. The molecule has 5 nitrogen and oxygen atoms in total. The van der Waals surface area contributed by atoms with E-state index in [9.17, 15) is 9.59 Å². The third-order valence-electron chi connectivity index (χ3n) is 2.55. The van der Waals surface area contributed by atoms with Gasteiger partial charge in [0.1, 0.15) is 6.42 Å². The summed E-state index contributed by atoms with van der Waals surface area (Å²) in [6.45, 7) is 0. The van der Waals surface area contributed by atoms with E-state index in [1.165, 1.54) is 6.20 Å². The molecule has 2 N–H and O–H groups in total. The summed E-state index contributed by atoms with van der Waals surface area (Å²) < 4.78 is 1.03. The number of nitrogens with zero attached hydrogens (tertiary/aromatic N) is 1. The van der Waals surface area contributed by atoms with Crippen LogP contribution in [0.2, 0.25) is 0 Å². The van der Waals surface area contributed by atoms with Crippen molar-refractivity contribution in [2.45, 2.75) is 6.42 Å². The lowest BCUT2D eigenvalue weighted by Crippen LogP contribution is -2.45.